The van der Waals surface area contributed by atoms with E-state index in [1.165, 1.54) is 0 Å². The third kappa shape index (κ3) is 2.89. The molecule has 0 fully saturated rings. The first-order chi connectivity index (χ1) is 8.95. The van der Waals surface area contributed by atoms with Crippen molar-refractivity contribution in [2.24, 2.45) is 0 Å². The van der Waals surface area contributed by atoms with Crippen molar-refractivity contribution in [3.8, 4) is 0 Å². The normalized spacial score (nSPS) is 10.2. The van der Waals surface area contributed by atoms with Crippen molar-refractivity contribution in [2.75, 3.05) is 11.1 Å². The van der Waals surface area contributed by atoms with Crippen molar-refractivity contribution in [1.82, 2.24) is 9.97 Å². The number of aromatic nitrogens is 2. The van der Waals surface area contributed by atoms with E-state index in [9.17, 15) is 18.9 Å². The number of rotatable bonds is 3. The molecular weight excluding hydrogens is 260 g/mol. The maximum Gasteiger partial charge on any atom is 0.329 e. The van der Waals surface area contributed by atoms with Crippen LogP contribution in [-0.2, 0) is 0 Å². The zero-order chi connectivity index (χ0) is 14.0. The van der Waals surface area contributed by atoms with Gasteiger partial charge in [-0.15, -0.1) is 0 Å². The Labute approximate surface area is 105 Å². The molecule has 0 unspecified atom stereocenters. The Morgan fingerprint density at radius 2 is 1.89 bits per heavy atom. The Morgan fingerprint density at radius 1 is 1.26 bits per heavy atom. The van der Waals surface area contributed by atoms with Gasteiger partial charge in [-0.1, -0.05) is 0 Å². The smallest absolute Gasteiger partial charge is 0.329 e. The zero-order valence-corrected chi connectivity index (χ0v) is 9.30. The highest BCUT2D eigenvalue weighted by Crippen LogP contribution is 2.25. The van der Waals surface area contributed by atoms with Gasteiger partial charge in [-0.05, 0) is 12.1 Å². The lowest BCUT2D eigenvalue weighted by atomic mass is 10.3. The molecule has 0 spiro atoms. The number of anilines is 3. The number of nitrogens with zero attached hydrogens (tertiary/aromatic N) is 3. The summed E-state index contributed by atoms with van der Waals surface area (Å²) in [4.78, 5) is 17.1. The van der Waals surface area contributed by atoms with Gasteiger partial charge in [0, 0.05) is 11.8 Å². The molecule has 9 heteroatoms. The average molecular weight is 267 g/mol. The minimum atomic E-state index is -0.827. The largest absolute Gasteiger partial charge is 0.368 e. The number of hydrogen-bond donors (Lipinski definition) is 2. The molecule has 0 radical (unpaired) electrons. The number of nitrogens with one attached hydrogen (secondary N) is 1. The van der Waals surface area contributed by atoms with E-state index < -0.39 is 22.2 Å². The van der Waals surface area contributed by atoms with Crippen LogP contribution in [0.4, 0.5) is 31.9 Å². The molecule has 0 aliphatic rings. The monoisotopic (exact) mass is 267 g/mol. The van der Waals surface area contributed by atoms with Gasteiger partial charge < -0.3 is 11.1 Å². The first-order valence-electron chi connectivity index (χ1n) is 4.96. The van der Waals surface area contributed by atoms with E-state index in [0.717, 1.165) is 18.3 Å². The van der Waals surface area contributed by atoms with Gasteiger partial charge in [0.05, 0.1) is 4.92 Å². The van der Waals surface area contributed by atoms with Crippen LogP contribution in [0.25, 0.3) is 0 Å². The molecule has 1 aromatic carbocycles. The van der Waals surface area contributed by atoms with E-state index in [1.807, 2.05) is 0 Å². The summed E-state index contributed by atoms with van der Waals surface area (Å²) in [6, 6.07) is 2.60. The van der Waals surface area contributed by atoms with Gasteiger partial charge in [-0.3, -0.25) is 10.1 Å². The number of benzene rings is 1. The zero-order valence-electron chi connectivity index (χ0n) is 9.30. The molecule has 0 amide bonds. The van der Waals surface area contributed by atoms with Crippen LogP contribution in [0, 0.1) is 21.7 Å². The fourth-order valence-electron chi connectivity index (χ4n) is 1.38. The van der Waals surface area contributed by atoms with Gasteiger partial charge in [-0.2, -0.15) is 4.98 Å². The topological polar surface area (TPSA) is 107 Å². The molecule has 0 saturated heterocycles. The van der Waals surface area contributed by atoms with Crippen molar-refractivity contribution in [2.45, 2.75) is 0 Å². The molecule has 19 heavy (non-hydrogen) atoms. The second kappa shape index (κ2) is 4.80. The fourth-order valence-corrected chi connectivity index (χ4v) is 1.38. The van der Waals surface area contributed by atoms with E-state index in [2.05, 4.69) is 15.3 Å². The number of nitro groups is 1. The maximum atomic E-state index is 13.0. The van der Waals surface area contributed by atoms with Crippen molar-refractivity contribution in [1.29, 1.82) is 0 Å². The molecule has 1 heterocycles. The highest BCUT2D eigenvalue weighted by Gasteiger charge is 2.17. The van der Waals surface area contributed by atoms with Crippen molar-refractivity contribution < 1.29 is 13.7 Å². The molecular formula is C10H7F2N5O2. The lowest BCUT2D eigenvalue weighted by Gasteiger charge is -2.06. The van der Waals surface area contributed by atoms with Crippen LogP contribution in [0.2, 0.25) is 0 Å². The van der Waals surface area contributed by atoms with Gasteiger partial charge in [0.2, 0.25) is 11.8 Å². The predicted molar refractivity (Wildman–Crippen MR) is 62.7 cm³/mol. The van der Waals surface area contributed by atoms with Crippen LogP contribution >= 0.6 is 0 Å². The van der Waals surface area contributed by atoms with Gasteiger partial charge in [0.25, 0.3) is 0 Å². The highest BCUT2D eigenvalue weighted by molar-refractivity contribution is 5.65. The van der Waals surface area contributed by atoms with Gasteiger partial charge in [0.1, 0.15) is 17.8 Å². The number of nitrogens with two attached hydrogens (primary N) is 1. The quantitative estimate of drug-likeness (QED) is 0.650. The van der Waals surface area contributed by atoms with E-state index in [-0.39, 0.29) is 17.5 Å². The molecule has 0 bridgehead atoms. The van der Waals surface area contributed by atoms with E-state index >= 15 is 0 Å². The van der Waals surface area contributed by atoms with Crippen molar-refractivity contribution in [3.63, 3.8) is 0 Å². The number of nitrogen functional groups attached to an aromatic ring is 1. The van der Waals surface area contributed by atoms with Crippen LogP contribution in [0.3, 0.4) is 0 Å². The van der Waals surface area contributed by atoms with E-state index in [1.54, 1.807) is 0 Å². The van der Waals surface area contributed by atoms with Crippen LogP contribution in [0.15, 0.2) is 24.4 Å². The Hall–Kier alpha value is -2.84. The molecule has 1 aromatic heterocycles. The van der Waals surface area contributed by atoms with Crippen LogP contribution < -0.4 is 11.1 Å². The summed E-state index contributed by atoms with van der Waals surface area (Å²) in [5.41, 5.74) is 4.82. The van der Waals surface area contributed by atoms with Gasteiger partial charge in [-0.25, -0.2) is 13.8 Å². The summed E-state index contributed by atoms with van der Waals surface area (Å²) < 4.78 is 26.0. The molecule has 0 atom stereocenters. The molecule has 0 aliphatic heterocycles. The SMILES string of the molecule is Nc1ncc([N+](=O)[O-])c(Nc2cc(F)cc(F)c2)n1. The predicted octanol–water partition coefficient (Wildman–Crippen LogP) is 1.99. The second-order valence-corrected chi connectivity index (χ2v) is 3.50. The van der Waals surface area contributed by atoms with Crippen LogP contribution in [-0.4, -0.2) is 14.9 Å². The lowest BCUT2D eigenvalue weighted by molar-refractivity contribution is -0.384. The third-order valence-corrected chi connectivity index (χ3v) is 2.11. The van der Waals surface area contributed by atoms with Gasteiger partial charge >= 0.3 is 5.69 Å². The van der Waals surface area contributed by atoms with Crippen molar-refractivity contribution >= 4 is 23.1 Å². The number of hydrogen-bond acceptors (Lipinski definition) is 6. The first kappa shape index (κ1) is 12.6. The van der Waals surface area contributed by atoms with Crippen molar-refractivity contribution in [3.05, 3.63) is 46.1 Å². The Kier molecular flexibility index (Phi) is 3.19. The summed E-state index contributed by atoms with van der Waals surface area (Å²) in [6.07, 6.45) is 0.903. The summed E-state index contributed by atoms with van der Waals surface area (Å²) in [5.74, 6) is -2.10. The van der Waals surface area contributed by atoms with Gasteiger partial charge in [0.15, 0.2) is 0 Å². The average Bonchev–Trinajstić information content (AvgIpc) is 2.26. The number of halogens is 2. The third-order valence-electron chi connectivity index (χ3n) is 2.11. The lowest BCUT2D eigenvalue weighted by Crippen LogP contribution is -2.04. The molecule has 3 N–H and O–H groups in total. The molecule has 2 rings (SSSR count). The molecule has 98 valence electrons. The second-order valence-electron chi connectivity index (χ2n) is 3.50. The summed E-state index contributed by atoms with van der Waals surface area (Å²) in [5, 5.41) is 13.2. The van der Waals surface area contributed by atoms with Crippen LogP contribution in [0.1, 0.15) is 0 Å². The summed E-state index contributed by atoms with van der Waals surface area (Å²) >= 11 is 0. The molecule has 0 saturated carbocycles. The summed E-state index contributed by atoms with van der Waals surface area (Å²) in [7, 11) is 0. The minimum absolute atomic E-state index is 0.0290. The first-order valence-corrected chi connectivity index (χ1v) is 4.96. The van der Waals surface area contributed by atoms with E-state index in [0.29, 0.717) is 6.07 Å². The molecule has 2 aromatic rings. The Morgan fingerprint density at radius 3 is 2.47 bits per heavy atom. The highest BCUT2D eigenvalue weighted by atomic mass is 19.1. The van der Waals surface area contributed by atoms with E-state index in [4.69, 9.17) is 5.73 Å². The molecule has 0 aliphatic carbocycles. The fraction of sp³-hybridized carbons (Fsp3) is 0. The van der Waals surface area contributed by atoms with Crippen LogP contribution in [0.5, 0.6) is 0 Å². The molecule has 7 nitrogen and oxygen atoms in total. The maximum absolute atomic E-state index is 13.0. The Bertz CT molecular complexity index is 630. The Balaban J connectivity index is 2.42. The standard InChI is InChI=1S/C10H7F2N5O2/c11-5-1-6(12)3-7(2-5)15-9-8(17(18)19)4-14-10(13)16-9/h1-4H,(H3,13,14,15,16). The minimum Gasteiger partial charge on any atom is -0.368 e. The summed E-state index contributed by atoms with van der Waals surface area (Å²) in [6.45, 7) is 0.